The van der Waals surface area contributed by atoms with Crippen LogP contribution in [0.3, 0.4) is 0 Å². The SMILES string of the molecule is Cn1c(=O)c2c(nc(Sc3ccccc3NC(=O)Cc3cccs3)n2C)n(C)c1=O. The van der Waals surface area contributed by atoms with Gasteiger partial charge in [-0.05, 0) is 35.3 Å². The van der Waals surface area contributed by atoms with Gasteiger partial charge in [-0.3, -0.25) is 18.7 Å². The zero-order valence-corrected chi connectivity index (χ0v) is 18.2. The molecule has 1 aromatic carbocycles. The highest BCUT2D eigenvalue weighted by Gasteiger charge is 2.19. The molecule has 1 amide bonds. The molecule has 0 bridgehead atoms. The maximum Gasteiger partial charge on any atom is 0.332 e. The van der Waals surface area contributed by atoms with Gasteiger partial charge >= 0.3 is 5.69 Å². The number of carbonyl (C=O) groups excluding carboxylic acids is 1. The zero-order valence-electron chi connectivity index (χ0n) is 16.6. The van der Waals surface area contributed by atoms with E-state index in [4.69, 9.17) is 0 Å². The Labute approximate surface area is 179 Å². The van der Waals surface area contributed by atoms with E-state index in [1.54, 1.807) is 18.7 Å². The van der Waals surface area contributed by atoms with Gasteiger partial charge in [-0.2, -0.15) is 0 Å². The van der Waals surface area contributed by atoms with Crippen LogP contribution in [0.5, 0.6) is 0 Å². The Bertz CT molecular complexity index is 1370. The lowest BCUT2D eigenvalue weighted by atomic mass is 10.3. The standard InChI is InChI=1S/C20H19N5O3S2/c1-23-16-17(24(2)20(28)25(3)18(16)27)22-19(23)30-14-9-5-4-8-13(14)21-15(26)11-12-7-6-10-29-12/h4-10H,11H2,1-3H3,(H,21,26). The molecule has 3 heterocycles. The largest absolute Gasteiger partial charge is 0.332 e. The first-order valence-corrected chi connectivity index (χ1v) is 10.8. The zero-order chi connectivity index (χ0) is 21.4. The van der Waals surface area contributed by atoms with Gasteiger partial charge in [-0.1, -0.05) is 18.2 Å². The number of rotatable bonds is 5. The molecule has 8 nitrogen and oxygen atoms in total. The Kier molecular flexibility index (Phi) is 5.35. The van der Waals surface area contributed by atoms with Gasteiger partial charge < -0.3 is 9.88 Å². The summed E-state index contributed by atoms with van der Waals surface area (Å²) in [5.74, 6) is -0.105. The summed E-state index contributed by atoms with van der Waals surface area (Å²) >= 11 is 2.86. The Morgan fingerprint density at radius 2 is 1.83 bits per heavy atom. The topological polar surface area (TPSA) is 90.9 Å². The van der Waals surface area contributed by atoms with Crippen molar-refractivity contribution < 1.29 is 4.79 Å². The van der Waals surface area contributed by atoms with Gasteiger partial charge in [0.2, 0.25) is 5.91 Å². The average Bonchev–Trinajstić information content (AvgIpc) is 3.34. The first-order chi connectivity index (χ1) is 14.4. The lowest BCUT2D eigenvalue weighted by molar-refractivity contribution is -0.115. The van der Waals surface area contributed by atoms with Crippen molar-refractivity contribution in [2.45, 2.75) is 16.5 Å². The summed E-state index contributed by atoms with van der Waals surface area (Å²) < 4.78 is 4.10. The number of thiophene rings is 1. The predicted octanol–water partition coefficient (Wildman–Crippen LogP) is 2.36. The van der Waals surface area contributed by atoms with Crippen LogP contribution in [-0.2, 0) is 32.4 Å². The number of imidazole rings is 1. The molecule has 0 spiro atoms. The van der Waals surface area contributed by atoms with Gasteiger partial charge in [0.05, 0.1) is 12.1 Å². The Morgan fingerprint density at radius 3 is 2.57 bits per heavy atom. The van der Waals surface area contributed by atoms with Gasteiger partial charge in [-0.25, -0.2) is 9.78 Å². The second-order valence-electron chi connectivity index (χ2n) is 6.73. The van der Waals surface area contributed by atoms with Crippen LogP contribution in [0.25, 0.3) is 11.2 Å². The maximum absolute atomic E-state index is 12.6. The fourth-order valence-electron chi connectivity index (χ4n) is 3.11. The number of fused-ring (bicyclic) bond motifs is 1. The molecule has 4 rings (SSSR count). The lowest BCUT2D eigenvalue weighted by Crippen LogP contribution is -2.37. The molecule has 0 unspecified atom stereocenters. The van der Waals surface area contributed by atoms with Crippen molar-refractivity contribution >= 4 is 45.9 Å². The summed E-state index contributed by atoms with van der Waals surface area (Å²) in [7, 11) is 4.77. The number of nitrogens with zero attached hydrogens (tertiary/aromatic N) is 4. The Morgan fingerprint density at radius 1 is 1.07 bits per heavy atom. The van der Waals surface area contributed by atoms with Crippen LogP contribution in [0.4, 0.5) is 5.69 Å². The minimum atomic E-state index is -0.427. The van der Waals surface area contributed by atoms with E-state index in [9.17, 15) is 14.4 Å². The number of aryl methyl sites for hydroxylation is 2. The summed E-state index contributed by atoms with van der Waals surface area (Å²) in [5.41, 5.74) is 0.516. The van der Waals surface area contributed by atoms with Crippen molar-refractivity contribution in [3.8, 4) is 0 Å². The fourth-order valence-corrected chi connectivity index (χ4v) is 4.75. The van der Waals surface area contributed by atoms with Crippen LogP contribution in [0, 0.1) is 0 Å². The minimum Gasteiger partial charge on any atom is -0.325 e. The van der Waals surface area contributed by atoms with Crippen LogP contribution in [-0.4, -0.2) is 24.6 Å². The van der Waals surface area contributed by atoms with Crippen LogP contribution in [0.2, 0.25) is 0 Å². The summed E-state index contributed by atoms with van der Waals surface area (Å²) in [6.45, 7) is 0. The third-order valence-corrected chi connectivity index (χ3v) is 6.71. The first kappa shape index (κ1) is 20.2. The van der Waals surface area contributed by atoms with Crippen LogP contribution >= 0.6 is 23.1 Å². The van der Waals surface area contributed by atoms with E-state index in [2.05, 4.69) is 10.3 Å². The number of amides is 1. The molecular weight excluding hydrogens is 422 g/mol. The highest BCUT2D eigenvalue weighted by atomic mass is 32.2. The van der Waals surface area contributed by atoms with Crippen molar-refractivity contribution in [1.29, 1.82) is 0 Å². The van der Waals surface area contributed by atoms with Crippen molar-refractivity contribution in [2.75, 3.05) is 5.32 Å². The molecule has 0 atom stereocenters. The number of hydrogen-bond donors (Lipinski definition) is 1. The maximum atomic E-state index is 12.6. The summed E-state index contributed by atoms with van der Waals surface area (Å²) in [5, 5.41) is 5.44. The van der Waals surface area contributed by atoms with Gasteiger partial charge in [-0.15, -0.1) is 11.3 Å². The first-order valence-electron chi connectivity index (χ1n) is 9.08. The highest BCUT2D eigenvalue weighted by molar-refractivity contribution is 7.99. The summed E-state index contributed by atoms with van der Waals surface area (Å²) in [4.78, 5) is 43.5. The molecule has 4 aromatic rings. The van der Waals surface area contributed by atoms with Gasteiger partial charge in [0.15, 0.2) is 16.3 Å². The van der Waals surface area contributed by atoms with Gasteiger partial charge in [0.25, 0.3) is 5.56 Å². The monoisotopic (exact) mass is 441 g/mol. The molecule has 154 valence electrons. The molecule has 1 N–H and O–H groups in total. The molecule has 0 aliphatic carbocycles. The van der Waals surface area contributed by atoms with Crippen molar-refractivity contribution in [3.63, 3.8) is 0 Å². The van der Waals surface area contributed by atoms with Crippen molar-refractivity contribution in [1.82, 2.24) is 18.7 Å². The molecule has 10 heteroatoms. The highest BCUT2D eigenvalue weighted by Crippen LogP contribution is 2.33. The number of anilines is 1. The molecule has 0 radical (unpaired) electrons. The molecule has 0 saturated carbocycles. The number of carbonyl (C=O) groups is 1. The fraction of sp³-hybridized carbons (Fsp3) is 0.200. The summed E-state index contributed by atoms with van der Waals surface area (Å²) in [6, 6.07) is 11.3. The smallest absolute Gasteiger partial charge is 0.325 e. The molecule has 0 saturated heterocycles. The Balaban J connectivity index is 1.68. The number of hydrogen-bond acceptors (Lipinski definition) is 6. The second kappa shape index (κ2) is 7.96. The van der Waals surface area contributed by atoms with E-state index in [0.717, 1.165) is 14.3 Å². The third kappa shape index (κ3) is 3.59. The van der Waals surface area contributed by atoms with Gasteiger partial charge in [0.1, 0.15) is 0 Å². The van der Waals surface area contributed by atoms with Crippen LogP contribution < -0.4 is 16.6 Å². The molecular formula is C20H19N5O3S2. The van der Waals surface area contributed by atoms with Crippen LogP contribution in [0.15, 0.2) is 61.4 Å². The van der Waals surface area contributed by atoms with E-state index in [1.807, 2.05) is 41.8 Å². The molecule has 0 fully saturated rings. The molecule has 3 aromatic heterocycles. The molecule has 0 aliphatic heterocycles. The Hall–Kier alpha value is -3.11. The normalized spacial score (nSPS) is 11.2. The number of benzene rings is 1. The summed E-state index contributed by atoms with van der Waals surface area (Å²) in [6.07, 6.45) is 0.307. The van der Waals surface area contributed by atoms with E-state index in [1.165, 1.54) is 34.7 Å². The molecule has 0 aliphatic rings. The van der Waals surface area contributed by atoms with Crippen molar-refractivity contribution in [2.24, 2.45) is 21.1 Å². The van der Waals surface area contributed by atoms with E-state index < -0.39 is 11.2 Å². The quantitative estimate of drug-likeness (QED) is 0.513. The second-order valence-corrected chi connectivity index (χ2v) is 8.78. The minimum absolute atomic E-state index is 0.105. The predicted molar refractivity (Wildman–Crippen MR) is 118 cm³/mol. The number of aromatic nitrogens is 4. The van der Waals surface area contributed by atoms with Crippen LogP contribution in [0.1, 0.15) is 4.88 Å². The number of nitrogens with one attached hydrogen (secondary N) is 1. The van der Waals surface area contributed by atoms with Crippen molar-refractivity contribution in [3.05, 3.63) is 67.5 Å². The van der Waals surface area contributed by atoms with Gasteiger partial charge in [0, 0.05) is 30.9 Å². The third-order valence-electron chi connectivity index (χ3n) is 4.71. The van der Waals surface area contributed by atoms with E-state index in [0.29, 0.717) is 28.4 Å². The van der Waals surface area contributed by atoms with E-state index in [-0.39, 0.29) is 5.91 Å². The molecule has 30 heavy (non-hydrogen) atoms. The number of para-hydroxylation sites is 1. The van der Waals surface area contributed by atoms with E-state index >= 15 is 0 Å². The lowest BCUT2D eigenvalue weighted by Gasteiger charge is -2.10. The average molecular weight is 442 g/mol.